The van der Waals surface area contributed by atoms with E-state index in [1.54, 1.807) is 0 Å². The van der Waals surface area contributed by atoms with Crippen molar-refractivity contribution in [2.45, 2.75) is 400 Å². The highest BCUT2D eigenvalue weighted by molar-refractivity contribution is 5.72. The zero-order valence-corrected chi connectivity index (χ0v) is 56.1. The molecule has 496 valence electrons. The lowest BCUT2D eigenvalue weighted by Gasteiger charge is -2.18. The molecule has 12 heteroatoms. The second-order valence-electron chi connectivity index (χ2n) is 24.3. The van der Waals surface area contributed by atoms with Crippen molar-refractivity contribution in [1.82, 2.24) is 0 Å². The zero-order chi connectivity index (χ0) is 61.9. The van der Waals surface area contributed by atoms with Crippen LogP contribution >= 0.6 is 0 Å². The van der Waals surface area contributed by atoms with Crippen LogP contribution in [-0.2, 0) is 57.2 Å². The van der Waals surface area contributed by atoms with Crippen molar-refractivity contribution in [3.05, 3.63) is 0 Å². The molecular weight excluding hydrogens is 1060 g/mol. The van der Waals surface area contributed by atoms with Crippen molar-refractivity contribution in [2.75, 3.05) is 26.4 Å². The van der Waals surface area contributed by atoms with Crippen LogP contribution in [0.25, 0.3) is 0 Å². The number of rotatable bonds is 64. The lowest BCUT2D eigenvalue weighted by atomic mass is 10.0. The molecule has 0 aliphatic carbocycles. The molecule has 0 heterocycles. The molecule has 12 nitrogen and oxygen atoms in total. The van der Waals surface area contributed by atoms with Gasteiger partial charge in [0.2, 0.25) is 0 Å². The zero-order valence-electron chi connectivity index (χ0n) is 56.1. The Labute approximate surface area is 517 Å². The Bertz CT molecular complexity index is 1380. The molecule has 0 N–H and O–H groups in total. The SMILES string of the molecule is CCCC(=O)OCC(COC(=O)CCC)OC(=O)CCC.CCCCCCCCCCCCCCCCCC(=O)OCC(COC(=O)CCCCCCCCCCCCCCCCC)OC(=O)CCCCCCCCCCCCCCCCC. The van der Waals surface area contributed by atoms with E-state index < -0.39 is 12.2 Å². The summed E-state index contributed by atoms with van der Waals surface area (Å²) in [7, 11) is 0. The van der Waals surface area contributed by atoms with Crippen LogP contribution < -0.4 is 0 Å². The van der Waals surface area contributed by atoms with Crippen LogP contribution in [0.2, 0.25) is 0 Å². The quantitative estimate of drug-likeness (QED) is 0.0323. The van der Waals surface area contributed by atoms with Crippen LogP contribution in [0.4, 0.5) is 0 Å². The Hall–Kier alpha value is -3.18. The second kappa shape index (κ2) is 68.9. The van der Waals surface area contributed by atoms with E-state index >= 15 is 0 Å². The molecule has 0 bridgehead atoms. The molecule has 0 rings (SSSR count). The summed E-state index contributed by atoms with van der Waals surface area (Å²) in [4.78, 5) is 72.2. The summed E-state index contributed by atoms with van der Waals surface area (Å²) in [5, 5.41) is 0. The summed E-state index contributed by atoms with van der Waals surface area (Å²) in [6.45, 7) is 12.1. The van der Waals surface area contributed by atoms with E-state index in [2.05, 4.69) is 20.8 Å². The van der Waals surface area contributed by atoms with Gasteiger partial charge in [-0.3, -0.25) is 28.8 Å². The van der Waals surface area contributed by atoms with Gasteiger partial charge in [0.05, 0.1) is 0 Å². The summed E-state index contributed by atoms with van der Waals surface area (Å²) in [6.07, 6.45) is 60.2. The smallest absolute Gasteiger partial charge is 0.306 e. The fraction of sp³-hybridized carbons (Fsp3) is 0.917. The van der Waals surface area contributed by atoms with E-state index in [9.17, 15) is 28.8 Å². The minimum atomic E-state index is -0.760. The molecular formula is C72H136O12. The van der Waals surface area contributed by atoms with E-state index in [0.717, 1.165) is 57.8 Å². The van der Waals surface area contributed by atoms with E-state index in [0.29, 0.717) is 51.4 Å². The van der Waals surface area contributed by atoms with Crippen LogP contribution in [0.1, 0.15) is 388 Å². The minimum absolute atomic E-state index is 0.0611. The van der Waals surface area contributed by atoms with E-state index in [1.165, 1.54) is 231 Å². The first-order valence-corrected chi connectivity index (χ1v) is 36.1. The summed E-state index contributed by atoms with van der Waals surface area (Å²) >= 11 is 0. The van der Waals surface area contributed by atoms with Gasteiger partial charge in [0.25, 0.3) is 0 Å². The lowest BCUT2D eigenvalue weighted by Crippen LogP contribution is -2.30. The van der Waals surface area contributed by atoms with Crippen LogP contribution in [-0.4, -0.2) is 74.5 Å². The largest absolute Gasteiger partial charge is 0.462 e. The van der Waals surface area contributed by atoms with Crippen molar-refractivity contribution in [1.29, 1.82) is 0 Å². The van der Waals surface area contributed by atoms with Gasteiger partial charge >= 0.3 is 35.8 Å². The topological polar surface area (TPSA) is 158 Å². The van der Waals surface area contributed by atoms with Gasteiger partial charge in [-0.05, 0) is 38.5 Å². The van der Waals surface area contributed by atoms with Crippen molar-refractivity contribution in [3.63, 3.8) is 0 Å². The maximum atomic E-state index is 12.8. The molecule has 0 aliphatic rings. The number of ether oxygens (including phenoxy) is 6. The maximum Gasteiger partial charge on any atom is 0.306 e. The molecule has 0 fully saturated rings. The van der Waals surface area contributed by atoms with Crippen molar-refractivity contribution in [3.8, 4) is 0 Å². The predicted octanol–water partition coefficient (Wildman–Crippen LogP) is 21.2. The van der Waals surface area contributed by atoms with E-state index in [1.807, 2.05) is 20.8 Å². The highest BCUT2D eigenvalue weighted by atomic mass is 16.6. The molecule has 0 saturated heterocycles. The van der Waals surface area contributed by atoms with E-state index in [4.69, 9.17) is 28.4 Å². The van der Waals surface area contributed by atoms with Gasteiger partial charge in [-0.15, -0.1) is 0 Å². The number of esters is 6. The van der Waals surface area contributed by atoms with Crippen LogP contribution in [0, 0.1) is 0 Å². The molecule has 0 saturated carbocycles. The summed E-state index contributed by atoms with van der Waals surface area (Å²) in [5.74, 6) is -1.93. The van der Waals surface area contributed by atoms with Gasteiger partial charge in [-0.1, -0.05) is 311 Å². The number of hydrogen-bond donors (Lipinski definition) is 0. The number of carbonyl (C=O) groups excluding carboxylic acids is 6. The van der Waals surface area contributed by atoms with Crippen LogP contribution in [0.5, 0.6) is 0 Å². The Balaban J connectivity index is 0. The van der Waals surface area contributed by atoms with Gasteiger partial charge in [0.1, 0.15) is 26.4 Å². The molecule has 0 spiro atoms. The molecule has 0 aromatic carbocycles. The third kappa shape index (κ3) is 66.3. The summed E-state index contributed by atoms with van der Waals surface area (Å²) < 4.78 is 32.1. The standard InChI is InChI=1S/C57H110O6.C15H26O6/c1-4-7-10-13-16-19-22-25-28-31-34-37-40-43-46-49-55(58)61-52-54(63-57(60)51-48-45-42-39-36-33-30-27-24-21-18-15-12-9-6-3)53-62-56(59)50-47-44-41-38-35-32-29-26-23-20-17-14-11-8-5-2;1-4-7-13(16)19-10-12(21-15(18)9-6-3)11-20-14(17)8-5-2/h54H,4-53H2,1-3H3;12H,4-11H2,1-3H3. The molecule has 0 aliphatic heterocycles. The Morgan fingerprint density at radius 2 is 0.345 bits per heavy atom. The summed E-state index contributed by atoms with van der Waals surface area (Å²) in [5.41, 5.74) is 0. The predicted molar refractivity (Wildman–Crippen MR) is 347 cm³/mol. The third-order valence-electron chi connectivity index (χ3n) is 15.6. The fourth-order valence-electron chi connectivity index (χ4n) is 10.3. The highest BCUT2D eigenvalue weighted by Crippen LogP contribution is 2.18. The van der Waals surface area contributed by atoms with Gasteiger partial charge in [0.15, 0.2) is 12.2 Å². The van der Waals surface area contributed by atoms with Crippen molar-refractivity contribution < 1.29 is 57.2 Å². The minimum Gasteiger partial charge on any atom is -0.462 e. The van der Waals surface area contributed by atoms with Crippen LogP contribution in [0.3, 0.4) is 0 Å². The monoisotopic (exact) mass is 1190 g/mol. The number of unbranched alkanes of at least 4 members (excludes halogenated alkanes) is 42. The van der Waals surface area contributed by atoms with Crippen LogP contribution in [0.15, 0.2) is 0 Å². The molecule has 0 atom stereocenters. The van der Waals surface area contributed by atoms with Gasteiger partial charge in [0, 0.05) is 38.5 Å². The second-order valence-corrected chi connectivity index (χ2v) is 24.3. The normalized spacial score (nSPS) is 11.1. The molecule has 0 aromatic rings. The number of carbonyl (C=O) groups is 6. The Morgan fingerprint density at radius 3 is 0.548 bits per heavy atom. The fourth-order valence-corrected chi connectivity index (χ4v) is 10.3. The first kappa shape index (κ1) is 82.9. The lowest BCUT2D eigenvalue weighted by molar-refractivity contribution is -0.167. The Morgan fingerprint density at radius 1 is 0.190 bits per heavy atom. The van der Waals surface area contributed by atoms with E-state index in [-0.39, 0.29) is 68.7 Å². The first-order valence-electron chi connectivity index (χ1n) is 36.1. The van der Waals surface area contributed by atoms with Crippen molar-refractivity contribution >= 4 is 35.8 Å². The average Bonchev–Trinajstić information content (AvgIpc) is 3.52. The number of hydrogen-bond acceptors (Lipinski definition) is 12. The molecule has 0 aromatic heterocycles. The summed E-state index contributed by atoms with van der Waals surface area (Å²) in [6, 6.07) is 0. The van der Waals surface area contributed by atoms with Gasteiger partial charge in [-0.25, -0.2) is 0 Å². The highest BCUT2D eigenvalue weighted by Gasteiger charge is 2.21. The Kier molecular flexibility index (Phi) is 68.0. The molecule has 0 amide bonds. The molecule has 0 radical (unpaired) electrons. The molecule has 84 heavy (non-hydrogen) atoms. The first-order chi connectivity index (χ1) is 41.1. The maximum absolute atomic E-state index is 12.8. The van der Waals surface area contributed by atoms with Crippen molar-refractivity contribution in [2.24, 2.45) is 0 Å². The van der Waals surface area contributed by atoms with Gasteiger partial charge < -0.3 is 28.4 Å². The van der Waals surface area contributed by atoms with Gasteiger partial charge in [-0.2, -0.15) is 0 Å². The molecule has 0 unspecified atom stereocenters. The third-order valence-corrected chi connectivity index (χ3v) is 15.6. The average molecular weight is 1190 g/mol.